The second-order valence-corrected chi connectivity index (χ2v) is 5.07. The molecule has 0 bridgehead atoms. The summed E-state index contributed by atoms with van der Waals surface area (Å²) in [5.41, 5.74) is 2.67. The van der Waals surface area contributed by atoms with Crippen molar-refractivity contribution in [2.45, 2.75) is 25.9 Å². The van der Waals surface area contributed by atoms with Crippen LogP contribution in [0.3, 0.4) is 0 Å². The van der Waals surface area contributed by atoms with Crippen molar-refractivity contribution in [3.8, 4) is 0 Å². The molecule has 0 amide bonds. The maximum atomic E-state index is 3.62. The molecular weight excluding hydrogens is 254 g/mol. The van der Waals surface area contributed by atoms with E-state index in [1.807, 2.05) is 13.0 Å². The number of hydrogen-bond donors (Lipinski definition) is 1. The van der Waals surface area contributed by atoms with Crippen molar-refractivity contribution >= 4 is 0 Å². The number of nitrogens with one attached hydrogen (secondary N) is 1. The molecule has 0 spiro atoms. The standard InChI is InChI=1S/C20H23N/c1-2-3-6-15-20(16-18-11-7-4-8-12-18)21-17-19-13-9-5-10-14-19/h2-15,20-21H,16-17H2,1H3/b3-2+,15-6+/t20-/m1/s1. The van der Waals surface area contributed by atoms with Gasteiger partial charge in [0.05, 0.1) is 0 Å². The SMILES string of the molecule is C/C=C/C=C/[C@H](Cc1ccccc1)NCc1ccccc1. The van der Waals surface area contributed by atoms with Gasteiger partial charge in [-0.15, -0.1) is 0 Å². The Morgan fingerprint density at radius 2 is 1.48 bits per heavy atom. The predicted molar refractivity (Wildman–Crippen MR) is 91.2 cm³/mol. The van der Waals surface area contributed by atoms with Gasteiger partial charge >= 0.3 is 0 Å². The van der Waals surface area contributed by atoms with E-state index in [9.17, 15) is 0 Å². The van der Waals surface area contributed by atoms with E-state index in [0.29, 0.717) is 6.04 Å². The maximum absolute atomic E-state index is 3.62. The number of benzene rings is 2. The Kier molecular flexibility index (Phi) is 6.50. The van der Waals surface area contributed by atoms with E-state index in [2.05, 4.69) is 84.2 Å². The van der Waals surface area contributed by atoms with Crippen molar-refractivity contribution < 1.29 is 0 Å². The molecule has 2 aromatic rings. The summed E-state index contributed by atoms with van der Waals surface area (Å²) in [5, 5.41) is 3.62. The molecule has 0 aliphatic carbocycles. The van der Waals surface area contributed by atoms with Crippen molar-refractivity contribution in [3.63, 3.8) is 0 Å². The molecule has 0 aliphatic heterocycles. The summed E-state index contributed by atoms with van der Waals surface area (Å²) in [6.45, 7) is 2.92. The van der Waals surface area contributed by atoms with Crippen LogP contribution in [-0.4, -0.2) is 6.04 Å². The van der Waals surface area contributed by atoms with Crippen LogP contribution in [0.25, 0.3) is 0 Å². The van der Waals surface area contributed by atoms with E-state index in [1.165, 1.54) is 11.1 Å². The zero-order valence-corrected chi connectivity index (χ0v) is 12.6. The van der Waals surface area contributed by atoms with Gasteiger partial charge in [-0.2, -0.15) is 0 Å². The highest BCUT2D eigenvalue weighted by molar-refractivity contribution is 5.19. The van der Waals surface area contributed by atoms with Gasteiger partial charge in [-0.25, -0.2) is 0 Å². The molecule has 2 rings (SSSR count). The molecule has 1 nitrogen and oxygen atoms in total. The lowest BCUT2D eigenvalue weighted by Crippen LogP contribution is -2.28. The third kappa shape index (κ3) is 5.80. The summed E-state index contributed by atoms with van der Waals surface area (Å²) in [5.74, 6) is 0. The van der Waals surface area contributed by atoms with E-state index in [-0.39, 0.29) is 0 Å². The number of hydrogen-bond acceptors (Lipinski definition) is 1. The number of allylic oxidation sites excluding steroid dienone is 3. The molecule has 1 heteroatoms. The quantitative estimate of drug-likeness (QED) is 0.734. The molecule has 0 saturated heterocycles. The highest BCUT2D eigenvalue weighted by Crippen LogP contribution is 2.06. The molecule has 108 valence electrons. The van der Waals surface area contributed by atoms with Crippen LogP contribution < -0.4 is 5.32 Å². The minimum atomic E-state index is 0.337. The molecule has 0 heterocycles. The maximum Gasteiger partial charge on any atom is 0.0296 e. The van der Waals surface area contributed by atoms with Gasteiger partial charge in [0.2, 0.25) is 0 Å². The first kappa shape index (κ1) is 15.3. The van der Waals surface area contributed by atoms with Gasteiger partial charge in [0, 0.05) is 12.6 Å². The molecule has 1 N–H and O–H groups in total. The van der Waals surface area contributed by atoms with E-state index in [4.69, 9.17) is 0 Å². The number of rotatable bonds is 7. The lowest BCUT2D eigenvalue weighted by Gasteiger charge is -2.15. The summed E-state index contributed by atoms with van der Waals surface area (Å²) in [7, 11) is 0. The van der Waals surface area contributed by atoms with E-state index >= 15 is 0 Å². The monoisotopic (exact) mass is 277 g/mol. The molecule has 1 atom stereocenters. The van der Waals surface area contributed by atoms with Gasteiger partial charge in [0.25, 0.3) is 0 Å². The van der Waals surface area contributed by atoms with Crippen LogP contribution in [0.4, 0.5) is 0 Å². The van der Waals surface area contributed by atoms with Gasteiger partial charge in [-0.3, -0.25) is 0 Å². The van der Waals surface area contributed by atoms with Crippen molar-refractivity contribution in [2.24, 2.45) is 0 Å². The fourth-order valence-electron chi connectivity index (χ4n) is 2.23. The average Bonchev–Trinajstić information content (AvgIpc) is 2.54. The normalized spacial score (nSPS) is 13.0. The minimum Gasteiger partial charge on any atom is -0.306 e. The average molecular weight is 277 g/mol. The van der Waals surface area contributed by atoms with Gasteiger partial charge in [-0.05, 0) is 24.5 Å². The predicted octanol–water partition coefficient (Wildman–Crippen LogP) is 4.52. The summed E-state index contributed by atoms with van der Waals surface area (Å²) in [6, 6.07) is 21.5. The Bertz CT molecular complexity index is 555. The second-order valence-electron chi connectivity index (χ2n) is 5.07. The Labute approximate surface area is 128 Å². The summed E-state index contributed by atoms with van der Waals surface area (Å²) >= 11 is 0. The molecule has 2 aromatic carbocycles. The summed E-state index contributed by atoms with van der Waals surface area (Å²) in [6.07, 6.45) is 9.47. The Morgan fingerprint density at radius 3 is 2.10 bits per heavy atom. The van der Waals surface area contributed by atoms with Crippen LogP contribution in [0.2, 0.25) is 0 Å². The zero-order valence-electron chi connectivity index (χ0n) is 12.6. The molecule has 0 radical (unpaired) electrons. The summed E-state index contributed by atoms with van der Waals surface area (Å²) in [4.78, 5) is 0. The fraction of sp³-hybridized carbons (Fsp3) is 0.200. The lowest BCUT2D eigenvalue weighted by molar-refractivity contribution is 0.589. The van der Waals surface area contributed by atoms with Gasteiger partial charge in [0.15, 0.2) is 0 Å². The largest absolute Gasteiger partial charge is 0.306 e. The third-order valence-electron chi connectivity index (χ3n) is 3.36. The summed E-state index contributed by atoms with van der Waals surface area (Å²) < 4.78 is 0. The first-order valence-electron chi connectivity index (χ1n) is 7.49. The van der Waals surface area contributed by atoms with Gasteiger partial charge in [0.1, 0.15) is 0 Å². The zero-order chi connectivity index (χ0) is 14.8. The fourth-order valence-corrected chi connectivity index (χ4v) is 2.23. The Hall–Kier alpha value is -2.12. The van der Waals surface area contributed by atoms with Gasteiger partial charge < -0.3 is 5.32 Å². The van der Waals surface area contributed by atoms with E-state index < -0.39 is 0 Å². The molecule has 0 fully saturated rings. The van der Waals surface area contributed by atoms with Crippen LogP contribution in [-0.2, 0) is 13.0 Å². The highest BCUT2D eigenvalue weighted by Gasteiger charge is 2.05. The third-order valence-corrected chi connectivity index (χ3v) is 3.36. The van der Waals surface area contributed by atoms with Crippen molar-refractivity contribution in [1.82, 2.24) is 5.32 Å². The Balaban J connectivity index is 1.98. The Morgan fingerprint density at radius 1 is 0.857 bits per heavy atom. The molecule has 0 saturated carbocycles. The molecule has 0 unspecified atom stereocenters. The van der Waals surface area contributed by atoms with Crippen molar-refractivity contribution in [3.05, 3.63) is 96.1 Å². The van der Waals surface area contributed by atoms with Crippen molar-refractivity contribution in [1.29, 1.82) is 0 Å². The first-order valence-corrected chi connectivity index (χ1v) is 7.49. The molecule has 21 heavy (non-hydrogen) atoms. The second kappa shape index (κ2) is 8.93. The molecular formula is C20H23N. The first-order chi connectivity index (χ1) is 10.4. The molecule has 0 aliphatic rings. The van der Waals surface area contributed by atoms with Crippen molar-refractivity contribution in [2.75, 3.05) is 0 Å². The molecule has 0 aromatic heterocycles. The minimum absolute atomic E-state index is 0.337. The van der Waals surface area contributed by atoms with Crippen LogP contribution in [0.15, 0.2) is 85.0 Å². The van der Waals surface area contributed by atoms with Crippen LogP contribution >= 0.6 is 0 Å². The topological polar surface area (TPSA) is 12.0 Å². The lowest BCUT2D eigenvalue weighted by atomic mass is 10.0. The van der Waals surface area contributed by atoms with E-state index in [1.54, 1.807) is 0 Å². The highest BCUT2D eigenvalue weighted by atomic mass is 14.9. The van der Waals surface area contributed by atoms with Crippen LogP contribution in [0.1, 0.15) is 18.1 Å². The van der Waals surface area contributed by atoms with Crippen LogP contribution in [0, 0.1) is 0 Å². The van der Waals surface area contributed by atoms with Gasteiger partial charge in [-0.1, -0.05) is 85.0 Å². The van der Waals surface area contributed by atoms with Crippen LogP contribution in [0.5, 0.6) is 0 Å². The van der Waals surface area contributed by atoms with E-state index in [0.717, 1.165) is 13.0 Å². The smallest absolute Gasteiger partial charge is 0.0296 e.